The van der Waals surface area contributed by atoms with Crippen molar-refractivity contribution >= 4 is 11.9 Å². The van der Waals surface area contributed by atoms with Gasteiger partial charge in [0.1, 0.15) is 5.75 Å². The molecular weight excluding hydrogens is 318 g/mol. The van der Waals surface area contributed by atoms with Gasteiger partial charge >= 0.3 is 6.01 Å². The third-order valence-electron chi connectivity index (χ3n) is 4.56. The lowest BCUT2D eigenvalue weighted by molar-refractivity contribution is -0.118. The van der Waals surface area contributed by atoms with Gasteiger partial charge in [-0.1, -0.05) is 50.3 Å². The number of aromatic nitrogens is 2. The van der Waals surface area contributed by atoms with Crippen molar-refractivity contribution in [3.63, 3.8) is 0 Å². The Labute approximate surface area is 148 Å². The molecule has 1 aromatic heterocycles. The van der Waals surface area contributed by atoms with E-state index in [0.717, 1.165) is 12.8 Å². The molecule has 6 nitrogen and oxygen atoms in total. The van der Waals surface area contributed by atoms with Crippen LogP contribution in [0, 0.1) is 0 Å². The van der Waals surface area contributed by atoms with E-state index in [1.807, 2.05) is 24.3 Å². The zero-order chi connectivity index (χ0) is 17.6. The molecule has 0 unspecified atom stereocenters. The van der Waals surface area contributed by atoms with E-state index in [2.05, 4.69) is 29.4 Å². The molecule has 134 valence electrons. The van der Waals surface area contributed by atoms with Crippen LogP contribution < -0.4 is 10.1 Å². The van der Waals surface area contributed by atoms with Crippen LogP contribution in [0.1, 0.15) is 69.2 Å². The summed E-state index contributed by atoms with van der Waals surface area (Å²) in [6, 6.07) is 7.90. The number of nitrogens with one attached hydrogen (secondary N) is 1. The van der Waals surface area contributed by atoms with Gasteiger partial charge in [-0.05, 0) is 36.5 Å². The fourth-order valence-electron chi connectivity index (χ4n) is 3.05. The van der Waals surface area contributed by atoms with Gasteiger partial charge in [-0.15, -0.1) is 5.10 Å². The Hall–Kier alpha value is -2.37. The number of benzene rings is 1. The highest BCUT2D eigenvalue weighted by atomic mass is 16.5. The standard InChI is InChI=1S/C19H25N3O3/c1-13(2)14-8-10-16(11-9-14)24-12-17(23)20-19-22-21-18(25-19)15-6-4-3-5-7-15/h8-11,13,15H,3-7,12H2,1-2H3,(H,20,22,23). The lowest BCUT2D eigenvalue weighted by atomic mass is 9.89. The second kappa shape index (κ2) is 8.14. The molecule has 1 aromatic carbocycles. The van der Waals surface area contributed by atoms with Crippen LogP contribution >= 0.6 is 0 Å². The Bertz CT molecular complexity index is 688. The number of hydrogen-bond acceptors (Lipinski definition) is 5. The van der Waals surface area contributed by atoms with Crippen LogP contribution in [0.25, 0.3) is 0 Å². The van der Waals surface area contributed by atoms with Crippen LogP contribution in [0.5, 0.6) is 5.75 Å². The monoisotopic (exact) mass is 343 g/mol. The predicted molar refractivity (Wildman–Crippen MR) is 94.8 cm³/mol. The van der Waals surface area contributed by atoms with Crippen LogP contribution in [0.2, 0.25) is 0 Å². The molecular formula is C19H25N3O3. The van der Waals surface area contributed by atoms with Crippen molar-refractivity contribution in [2.45, 2.75) is 57.8 Å². The zero-order valence-corrected chi connectivity index (χ0v) is 14.8. The van der Waals surface area contributed by atoms with Crippen LogP contribution in [-0.4, -0.2) is 22.7 Å². The largest absolute Gasteiger partial charge is 0.484 e. The SMILES string of the molecule is CC(C)c1ccc(OCC(=O)Nc2nnc(C3CCCCC3)o2)cc1. The van der Waals surface area contributed by atoms with Gasteiger partial charge in [0.2, 0.25) is 5.89 Å². The highest BCUT2D eigenvalue weighted by Crippen LogP contribution is 2.32. The summed E-state index contributed by atoms with van der Waals surface area (Å²) in [7, 11) is 0. The minimum atomic E-state index is -0.313. The van der Waals surface area contributed by atoms with E-state index in [9.17, 15) is 4.79 Å². The highest BCUT2D eigenvalue weighted by molar-refractivity contribution is 5.89. The average Bonchev–Trinajstić information content (AvgIpc) is 3.09. The molecule has 1 amide bonds. The molecule has 0 bridgehead atoms. The van der Waals surface area contributed by atoms with Crippen LogP contribution in [0.4, 0.5) is 6.01 Å². The van der Waals surface area contributed by atoms with Gasteiger partial charge in [0.25, 0.3) is 5.91 Å². The first-order valence-corrected chi connectivity index (χ1v) is 8.98. The fourth-order valence-corrected chi connectivity index (χ4v) is 3.05. The van der Waals surface area contributed by atoms with Gasteiger partial charge in [0.15, 0.2) is 6.61 Å². The van der Waals surface area contributed by atoms with Crippen molar-refractivity contribution in [1.29, 1.82) is 0 Å². The number of rotatable bonds is 6. The second-order valence-corrected chi connectivity index (χ2v) is 6.84. The number of carbonyl (C=O) groups excluding carboxylic acids is 1. The van der Waals surface area contributed by atoms with E-state index in [0.29, 0.717) is 23.5 Å². The van der Waals surface area contributed by atoms with Crippen LogP contribution in [0.3, 0.4) is 0 Å². The highest BCUT2D eigenvalue weighted by Gasteiger charge is 2.21. The summed E-state index contributed by atoms with van der Waals surface area (Å²) < 4.78 is 11.1. The number of nitrogens with zero attached hydrogens (tertiary/aromatic N) is 2. The molecule has 0 aliphatic heterocycles. The Balaban J connectivity index is 1.48. The predicted octanol–water partition coefficient (Wildman–Crippen LogP) is 4.26. The smallest absolute Gasteiger partial charge is 0.322 e. The molecule has 0 atom stereocenters. The Morgan fingerprint density at radius 2 is 1.92 bits per heavy atom. The zero-order valence-electron chi connectivity index (χ0n) is 14.8. The molecule has 1 saturated carbocycles. The summed E-state index contributed by atoms with van der Waals surface area (Å²) in [4.78, 5) is 12.0. The summed E-state index contributed by atoms with van der Waals surface area (Å²) in [5.41, 5.74) is 1.23. The summed E-state index contributed by atoms with van der Waals surface area (Å²) >= 11 is 0. The first-order chi connectivity index (χ1) is 12.1. The van der Waals surface area contributed by atoms with Crippen molar-refractivity contribution in [2.75, 3.05) is 11.9 Å². The summed E-state index contributed by atoms with van der Waals surface area (Å²) in [6.45, 7) is 4.17. The van der Waals surface area contributed by atoms with Gasteiger partial charge in [0, 0.05) is 5.92 Å². The first kappa shape index (κ1) is 17.5. The van der Waals surface area contributed by atoms with E-state index in [1.54, 1.807) is 0 Å². The molecule has 2 aromatic rings. The maximum atomic E-state index is 12.0. The molecule has 1 aliphatic rings. The van der Waals surface area contributed by atoms with E-state index in [-0.39, 0.29) is 18.5 Å². The molecule has 0 spiro atoms. The van der Waals surface area contributed by atoms with Crippen molar-refractivity contribution in [3.8, 4) is 5.75 Å². The van der Waals surface area contributed by atoms with E-state index >= 15 is 0 Å². The molecule has 1 fully saturated rings. The molecule has 6 heteroatoms. The molecule has 3 rings (SSSR count). The minimum absolute atomic E-state index is 0.0951. The quantitative estimate of drug-likeness (QED) is 0.848. The molecule has 0 saturated heterocycles. The number of carbonyl (C=O) groups is 1. The van der Waals surface area contributed by atoms with Crippen molar-refractivity contribution in [1.82, 2.24) is 10.2 Å². The van der Waals surface area contributed by atoms with Crippen molar-refractivity contribution in [2.24, 2.45) is 0 Å². The third-order valence-corrected chi connectivity index (χ3v) is 4.56. The number of hydrogen-bond donors (Lipinski definition) is 1. The molecule has 0 radical (unpaired) electrons. The fraction of sp³-hybridized carbons (Fsp3) is 0.526. The lowest BCUT2D eigenvalue weighted by Gasteiger charge is -2.17. The third kappa shape index (κ3) is 4.81. The normalized spacial score (nSPS) is 15.3. The van der Waals surface area contributed by atoms with Gasteiger partial charge in [0.05, 0.1) is 0 Å². The van der Waals surface area contributed by atoms with Crippen LogP contribution in [0.15, 0.2) is 28.7 Å². The molecule has 1 N–H and O–H groups in total. The first-order valence-electron chi connectivity index (χ1n) is 8.98. The van der Waals surface area contributed by atoms with E-state index in [1.165, 1.54) is 24.8 Å². The van der Waals surface area contributed by atoms with Crippen molar-refractivity contribution < 1.29 is 13.9 Å². The Kier molecular flexibility index (Phi) is 5.68. The molecule has 25 heavy (non-hydrogen) atoms. The second-order valence-electron chi connectivity index (χ2n) is 6.84. The van der Waals surface area contributed by atoms with Crippen LogP contribution in [-0.2, 0) is 4.79 Å². The number of anilines is 1. The maximum absolute atomic E-state index is 12.0. The topological polar surface area (TPSA) is 77.2 Å². The Morgan fingerprint density at radius 3 is 2.60 bits per heavy atom. The number of ether oxygens (including phenoxy) is 1. The number of amides is 1. The van der Waals surface area contributed by atoms with Gasteiger partial charge in [-0.3, -0.25) is 10.1 Å². The maximum Gasteiger partial charge on any atom is 0.322 e. The average molecular weight is 343 g/mol. The van der Waals surface area contributed by atoms with E-state index < -0.39 is 0 Å². The summed E-state index contributed by atoms with van der Waals surface area (Å²) in [6.07, 6.45) is 5.80. The van der Waals surface area contributed by atoms with Crippen molar-refractivity contribution in [3.05, 3.63) is 35.7 Å². The van der Waals surface area contributed by atoms with Gasteiger partial charge in [-0.2, -0.15) is 0 Å². The summed E-state index contributed by atoms with van der Waals surface area (Å²) in [5, 5.41) is 10.6. The summed E-state index contributed by atoms with van der Waals surface area (Å²) in [5.74, 6) is 1.76. The molecule has 1 heterocycles. The lowest BCUT2D eigenvalue weighted by Crippen LogP contribution is -2.20. The van der Waals surface area contributed by atoms with Gasteiger partial charge in [-0.25, -0.2) is 0 Å². The van der Waals surface area contributed by atoms with E-state index in [4.69, 9.17) is 9.15 Å². The molecule has 1 aliphatic carbocycles. The Morgan fingerprint density at radius 1 is 1.20 bits per heavy atom. The minimum Gasteiger partial charge on any atom is -0.484 e. The van der Waals surface area contributed by atoms with Gasteiger partial charge < -0.3 is 9.15 Å².